The summed E-state index contributed by atoms with van der Waals surface area (Å²) < 4.78 is 0. The van der Waals surface area contributed by atoms with Crippen LogP contribution in [0.4, 0.5) is 0 Å². The molecule has 2 saturated heterocycles. The predicted octanol–water partition coefficient (Wildman–Crippen LogP) is 1.09. The van der Waals surface area contributed by atoms with Gasteiger partial charge in [0.15, 0.2) is 0 Å². The molecule has 0 aromatic carbocycles. The molecule has 3 unspecified atom stereocenters. The molecule has 5 heteroatoms. The Kier molecular flexibility index (Phi) is 5.44. The van der Waals surface area contributed by atoms with Crippen molar-refractivity contribution in [2.75, 3.05) is 20.1 Å². The zero-order valence-corrected chi connectivity index (χ0v) is 12.4. The second-order valence-electron chi connectivity index (χ2n) is 5.89. The molecule has 18 heavy (non-hydrogen) atoms. The number of nitrogens with two attached hydrogens (primary N) is 1. The van der Waals surface area contributed by atoms with E-state index in [1.165, 1.54) is 12.8 Å². The molecule has 2 aliphatic heterocycles. The first-order chi connectivity index (χ1) is 8.00. The molecule has 2 rings (SSSR count). The van der Waals surface area contributed by atoms with Crippen LogP contribution in [0.3, 0.4) is 0 Å². The van der Waals surface area contributed by atoms with Crippen LogP contribution in [0.2, 0.25) is 0 Å². The highest BCUT2D eigenvalue weighted by molar-refractivity contribution is 5.85. The minimum atomic E-state index is -0.336. The third kappa shape index (κ3) is 2.98. The lowest BCUT2D eigenvalue weighted by Crippen LogP contribution is -2.49. The first kappa shape index (κ1) is 15.7. The number of hydrogen-bond acceptors (Lipinski definition) is 3. The number of amides is 1. The average molecular weight is 276 g/mol. The molecule has 1 amide bonds. The van der Waals surface area contributed by atoms with E-state index in [1.807, 2.05) is 18.7 Å². The summed E-state index contributed by atoms with van der Waals surface area (Å²) in [5, 5.41) is 0. The zero-order chi connectivity index (χ0) is 12.6. The van der Waals surface area contributed by atoms with Gasteiger partial charge in [0.25, 0.3) is 0 Å². The van der Waals surface area contributed by atoms with Crippen molar-refractivity contribution < 1.29 is 4.79 Å². The maximum Gasteiger partial charge on any atom is 0.239 e. The molecule has 0 spiro atoms. The van der Waals surface area contributed by atoms with Crippen molar-refractivity contribution in [2.24, 2.45) is 11.7 Å². The molecule has 3 atom stereocenters. The highest BCUT2D eigenvalue weighted by atomic mass is 35.5. The molecule has 2 N–H and O–H groups in total. The first-order valence-corrected chi connectivity index (χ1v) is 6.77. The smallest absolute Gasteiger partial charge is 0.239 e. The number of rotatable bonds is 2. The summed E-state index contributed by atoms with van der Waals surface area (Å²) in [7, 11) is 2.19. The fourth-order valence-electron chi connectivity index (χ4n) is 3.00. The van der Waals surface area contributed by atoms with Crippen molar-refractivity contribution in [3.63, 3.8) is 0 Å². The van der Waals surface area contributed by atoms with Gasteiger partial charge in [0, 0.05) is 25.2 Å². The van der Waals surface area contributed by atoms with Gasteiger partial charge in [-0.25, -0.2) is 0 Å². The maximum absolute atomic E-state index is 12.3. The van der Waals surface area contributed by atoms with Crippen molar-refractivity contribution in [3.8, 4) is 0 Å². The number of likely N-dealkylation sites (N-methyl/N-ethyl adjacent to an activating group) is 1. The maximum atomic E-state index is 12.3. The molecule has 2 aliphatic rings. The fourth-order valence-corrected chi connectivity index (χ4v) is 3.00. The summed E-state index contributed by atoms with van der Waals surface area (Å²) in [5.74, 6) is 0.363. The molecule has 4 nitrogen and oxygen atoms in total. The Bertz CT molecular complexity index is 298. The van der Waals surface area contributed by atoms with Crippen LogP contribution in [0, 0.1) is 5.92 Å². The van der Waals surface area contributed by atoms with Crippen LogP contribution in [0.1, 0.15) is 33.1 Å². The zero-order valence-electron chi connectivity index (χ0n) is 11.6. The summed E-state index contributed by atoms with van der Waals surface area (Å²) in [5.41, 5.74) is 5.97. The molecule has 0 radical (unpaired) electrons. The van der Waals surface area contributed by atoms with Crippen LogP contribution >= 0.6 is 12.4 Å². The van der Waals surface area contributed by atoms with E-state index in [0.29, 0.717) is 12.1 Å². The summed E-state index contributed by atoms with van der Waals surface area (Å²) in [6.45, 7) is 5.77. The summed E-state index contributed by atoms with van der Waals surface area (Å²) in [6, 6.07) is 0.885. The Morgan fingerprint density at radius 3 is 2.44 bits per heavy atom. The van der Waals surface area contributed by atoms with E-state index in [1.54, 1.807) is 0 Å². The predicted molar refractivity (Wildman–Crippen MR) is 75.8 cm³/mol. The van der Waals surface area contributed by atoms with Crippen molar-refractivity contribution in [1.29, 1.82) is 0 Å². The van der Waals surface area contributed by atoms with Crippen LogP contribution in [0.15, 0.2) is 0 Å². The highest BCUT2D eigenvalue weighted by Gasteiger charge is 2.37. The fraction of sp³-hybridized carbons (Fsp3) is 0.923. The second-order valence-corrected chi connectivity index (χ2v) is 5.89. The van der Waals surface area contributed by atoms with Crippen molar-refractivity contribution in [2.45, 2.75) is 51.2 Å². The lowest BCUT2D eigenvalue weighted by Gasteiger charge is -2.29. The van der Waals surface area contributed by atoms with Gasteiger partial charge >= 0.3 is 0 Å². The van der Waals surface area contributed by atoms with E-state index >= 15 is 0 Å². The summed E-state index contributed by atoms with van der Waals surface area (Å²) in [4.78, 5) is 16.7. The number of nitrogens with zero attached hydrogens (tertiary/aromatic N) is 2. The third-order valence-electron chi connectivity index (χ3n) is 4.46. The molecule has 106 valence electrons. The van der Waals surface area contributed by atoms with Crippen LogP contribution in [-0.2, 0) is 4.79 Å². The van der Waals surface area contributed by atoms with Crippen molar-refractivity contribution >= 4 is 18.3 Å². The number of carbonyl (C=O) groups is 1. The molecule has 0 saturated carbocycles. The van der Waals surface area contributed by atoms with Gasteiger partial charge in [-0.2, -0.15) is 0 Å². The number of halogens is 1. The van der Waals surface area contributed by atoms with E-state index in [9.17, 15) is 4.79 Å². The molecular weight excluding hydrogens is 250 g/mol. The topological polar surface area (TPSA) is 49.6 Å². The van der Waals surface area contributed by atoms with Crippen molar-refractivity contribution in [3.05, 3.63) is 0 Å². The van der Waals surface area contributed by atoms with E-state index in [2.05, 4.69) is 11.9 Å². The first-order valence-electron chi connectivity index (χ1n) is 6.77. The van der Waals surface area contributed by atoms with E-state index in [4.69, 9.17) is 5.73 Å². The van der Waals surface area contributed by atoms with Crippen LogP contribution in [-0.4, -0.2) is 54.0 Å². The molecule has 2 heterocycles. The standard InChI is InChI=1S/C13H25N3O.ClH/c1-9(2)12(14)13(17)16-7-6-10-4-5-11(8-16)15(10)3;/h9-12H,4-8,14H2,1-3H3;1H. The highest BCUT2D eigenvalue weighted by Crippen LogP contribution is 2.28. The van der Waals surface area contributed by atoms with Gasteiger partial charge in [-0.3, -0.25) is 9.69 Å². The largest absolute Gasteiger partial charge is 0.340 e. The molecule has 2 fully saturated rings. The van der Waals surface area contributed by atoms with E-state index in [0.717, 1.165) is 19.5 Å². The molecule has 0 aromatic heterocycles. The monoisotopic (exact) mass is 275 g/mol. The Hall–Kier alpha value is -0.320. The Balaban J connectivity index is 0.00000162. The molecular formula is C13H26ClN3O. The second kappa shape index (κ2) is 6.22. The minimum Gasteiger partial charge on any atom is -0.340 e. The summed E-state index contributed by atoms with van der Waals surface area (Å²) in [6.07, 6.45) is 3.62. The normalized spacial score (nSPS) is 29.9. The van der Waals surface area contributed by atoms with Crippen LogP contribution in [0.25, 0.3) is 0 Å². The molecule has 0 aromatic rings. The van der Waals surface area contributed by atoms with Crippen molar-refractivity contribution in [1.82, 2.24) is 9.80 Å². The quantitative estimate of drug-likeness (QED) is 0.821. The Labute approximate surface area is 116 Å². The number of hydrogen-bond donors (Lipinski definition) is 1. The molecule has 2 bridgehead atoms. The van der Waals surface area contributed by atoms with Gasteiger partial charge in [0.1, 0.15) is 0 Å². The number of carbonyl (C=O) groups excluding carboxylic acids is 1. The third-order valence-corrected chi connectivity index (χ3v) is 4.46. The van der Waals surface area contributed by atoms with E-state index in [-0.39, 0.29) is 30.3 Å². The molecule has 0 aliphatic carbocycles. The number of fused-ring (bicyclic) bond motifs is 2. The summed E-state index contributed by atoms with van der Waals surface area (Å²) >= 11 is 0. The van der Waals surface area contributed by atoms with Gasteiger partial charge in [-0.05, 0) is 32.2 Å². The Morgan fingerprint density at radius 2 is 1.83 bits per heavy atom. The van der Waals surface area contributed by atoms with Gasteiger partial charge in [-0.1, -0.05) is 13.8 Å². The number of likely N-dealkylation sites (tertiary alicyclic amines) is 1. The van der Waals surface area contributed by atoms with Crippen LogP contribution < -0.4 is 5.73 Å². The average Bonchev–Trinajstić information content (AvgIpc) is 2.51. The van der Waals surface area contributed by atoms with Gasteiger partial charge < -0.3 is 10.6 Å². The Morgan fingerprint density at radius 1 is 1.22 bits per heavy atom. The van der Waals surface area contributed by atoms with E-state index < -0.39 is 0 Å². The minimum absolute atomic E-state index is 0. The lowest BCUT2D eigenvalue weighted by atomic mass is 10.0. The SMILES string of the molecule is CC(C)C(N)C(=O)N1CCC2CCC(C1)N2C.Cl. The van der Waals surface area contributed by atoms with Gasteiger partial charge in [-0.15, -0.1) is 12.4 Å². The lowest BCUT2D eigenvalue weighted by molar-refractivity contribution is -0.133. The van der Waals surface area contributed by atoms with Gasteiger partial charge in [0.05, 0.1) is 6.04 Å². The van der Waals surface area contributed by atoms with Crippen LogP contribution in [0.5, 0.6) is 0 Å². The van der Waals surface area contributed by atoms with Gasteiger partial charge in [0.2, 0.25) is 5.91 Å².